The van der Waals surface area contributed by atoms with Gasteiger partial charge in [-0.05, 0) is 30.7 Å². The molecule has 4 nitrogen and oxygen atoms in total. The van der Waals surface area contributed by atoms with E-state index in [4.69, 9.17) is 11.6 Å². The fraction of sp³-hybridized carbons (Fsp3) is 0.154. The van der Waals surface area contributed by atoms with E-state index in [9.17, 15) is 0 Å². The van der Waals surface area contributed by atoms with Crippen LogP contribution in [0.1, 0.15) is 4.88 Å². The van der Waals surface area contributed by atoms with E-state index in [1.54, 1.807) is 11.3 Å². The molecule has 2 aromatic heterocycles. The molecule has 1 aromatic carbocycles. The van der Waals surface area contributed by atoms with Gasteiger partial charge in [0.05, 0.1) is 9.85 Å². The number of nitrogens with one attached hydrogen (secondary N) is 1. The second-order valence-corrected chi connectivity index (χ2v) is 5.81. The summed E-state index contributed by atoms with van der Waals surface area (Å²) in [6.07, 6.45) is 0.896. The van der Waals surface area contributed by atoms with Crippen LogP contribution in [0.4, 0.5) is 5.95 Å². The molecule has 0 aliphatic heterocycles. The van der Waals surface area contributed by atoms with E-state index in [-0.39, 0.29) is 0 Å². The van der Waals surface area contributed by atoms with E-state index in [0.717, 1.165) is 28.3 Å². The lowest BCUT2D eigenvalue weighted by Crippen LogP contribution is -2.08. The number of nitrogens with zero attached hydrogens (tertiary/aromatic N) is 3. The highest BCUT2D eigenvalue weighted by molar-refractivity contribution is 7.16. The van der Waals surface area contributed by atoms with E-state index in [0.29, 0.717) is 5.95 Å². The van der Waals surface area contributed by atoms with Crippen molar-refractivity contribution >= 4 is 39.9 Å². The van der Waals surface area contributed by atoms with Gasteiger partial charge in [-0.2, -0.15) is 0 Å². The second-order valence-electron chi connectivity index (χ2n) is 4.01. The minimum absolute atomic E-state index is 0.557. The van der Waals surface area contributed by atoms with Gasteiger partial charge in [0.25, 0.3) is 0 Å². The minimum atomic E-state index is 0.557. The molecule has 0 saturated heterocycles. The van der Waals surface area contributed by atoms with Gasteiger partial charge in [-0.15, -0.1) is 21.5 Å². The van der Waals surface area contributed by atoms with Gasteiger partial charge in [0.15, 0.2) is 0 Å². The number of rotatable bonds is 4. The number of thiophene rings is 1. The summed E-state index contributed by atoms with van der Waals surface area (Å²) in [5.41, 5.74) is 1.65. The molecule has 3 rings (SSSR count). The molecule has 0 unspecified atom stereocenters. The molecule has 0 atom stereocenters. The lowest BCUT2D eigenvalue weighted by molar-refractivity contribution is 0.961. The molecule has 1 N–H and O–H groups in total. The van der Waals surface area contributed by atoms with Crippen molar-refractivity contribution in [2.75, 3.05) is 11.9 Å². The van der Waals surface area contributed by atoms with Crippen LogP contribution in [0.15, 0.2) is 36.4 Å². The van der Waals surface area contributed by atoms with Crippen molar-refractivity contribution in [2.45, 2.75) is 6.42 Å². The maximum absolute atomic E-state index is 5.89. The Morgan fingerprint density at radius 3 is 2.68 bits per heavy atom. The molecule has 2 heterocycles. The zero-order valence-electron chi connectivity index (χ0n) is 10.0. The standard InChI is InChI=1S/C13H11ClN4S/c14-12-6-5-9(19-12)7-8-15-13-16-10-3-1-2-4-11(10)17-18-13/h1-6H,7-8H2,(H,15,16,18). The summed E-state index contributed by atoms with van der Waals surface area (Å²) < 4.78 is 0.818. The summed E-state index contributed by atoms with van der Waals surface area (Å²) in [6, 6.07) is 11.6. The Morgan fingerprint density at radius 2 is 1.89 bits per heavy atom. The topological polar surface area (TPSA) is 50.7 Å². The fourth-order valence-electron chi connectivity index (χ4n) is 1.74. The number of anilines is 1. The molecule has 0 saturated carbocycles. The molecule has 6 heteroatoms. The van der Waals surface area contributed by atoms with E-state index >= 15 is 0 Å². The molecule has 0 radical (unpaired) electrons. The SMILES string of the molecule is Clc1ccc(CCNc2nnc3ccccc3n2)s1. The third kappa shape index (κ3) is 3.00. The first-order chi connectivity index (χ1) is 9.31. The minimum Gasteiger partial charge on any atom is -0.353 e. The molecule has 0 bridgehead atoms. The van der Waals surface area contributed by atoms with Crippen molar-refractivity contribution < 1.29 is 0 Å². The van der Waals surface area contributed by atoms with Gasteiger partial charge in [0.1, 0.15) is 5.52 Å². The van der Waals surface area contributed by atoms with Crippen LogP contribution in [0.25, 0.3) is 11.0 Å². The molecule has 0 aliphatic rings. The lowest BCUT2D eigenvalue weighted by atomic mass is 10.3. The van der Waals surface area contributed by atoms with Gasteiger partial charge < -0.3 is 5.32 Å². The molecule has 0 amide bonds. The normalized spacial score (nSPS) is 10.8. The first kappa shape index (κ1) is 12.3. The Morgan fingerprint density at radius 1 is 1.05 bits per heavy atom. The molecule has 0 fully saturated rings. The maximum atomic E-state index is 5.89. The molecular weight excluding hydrogens is 280 g/mol. The van der Waals surface area contributed by atoms with E-state index < -0.39 is 0 Å². The number of para-hydroxylation sites is 1. The third-order valence-electron chi connectivity index (χ3n) is 2.64. The summed E-state index contributed by atoms with van der Waals surface area (Å²) in [7, 11) is 0. The smallest absolute Gasteiger partial charge is 0.243 e. The molecule has 3 aromatic rings. The van der Waals surface area contributed by atoms with E-state index in [1.807, 2.05) is 36.4 Å². The van der Waals surface area contributed by atoms with Crippen LogP contribution in [0.5, 0.6) is 0 Å². The highest BCUT2D eigenvalue weighted by atomic mass is 35.5. The quantitative estimate of drug-likeness (QED) is 0.800. The fourth-order valence-corrected chi connectivity index (χ4v) is 2.83. The first-order valence-corrected chi connectivity index (χ1v) is 7.08. The second kappa shape index (κ2) is 5.50. The predicted octanol–water partition coefficient (Wildman–Crippen LogP) is 3.39. The van der Waals surface area contributed by atoms with Crippen LogP contribution in [-0.2, 0) is 6.42 Å². The first-order valence-electron chi connectivity index (χ1n) is 5.89. The van der Waals surface area contributed by atoms with Crippen molar-refractivity contribution in [3.8, 4) is 0 Å². The predicted molar refractivity (Wildman–Crippen MR) is 78.9 cm³/mol. The highest BCUT2D eigenvalue weighted by Gasteiger charge is 2.01. The summed E-state index contributed by atoms with van der Waals surface area (Å²) >= 11 is 7.48. The number of hydrogen-bond acceptors (Lipinski definition) is 5. The van der Waals surface area contributed by atoms with Crippen molar-refractivity contribution in [3.63, 3.8) is 0 Å². The maximum Gasteiger partial charge on any atom is 0.243 e. The van der Waals surface area contributed by atoms with Gasteiger partial charge in [0.2, 0.25) is 5.95 Å². The Hall–Kier alpha value is -1.72. The van der Waals surface area contributed by atoms with Crippen molar-refractivity contribution in [1.82, 2.24) is 15.2 Å². The van der Waals surface area contributed by atoms with Crippen molar-refractivity contribution in [2.24, 2.45) is 0 Å². The number of benzene rings is 1. The highest BCUT2D eigenvalue weighted by Crippen LogP contribution is 2.21. The van der Waals surface area contributed by atoms with E-state index in [1.165, 1.54) is 4.88 Å². The summed E-state index contributed by atoms with van der Waals surface area (Å²) in [6.45, 7) is 0.761. The van der Waals surface area contributed by atoms with Crippen LogP contribution in [0.2, 0.25) is 4.34 Å². The van der Waals surface area contributed by atoms with Gasteiger partial charge in [-0.1, -0.05) is 23.7 Å². The van der Waals surface area contributed by atoms with Crippen LogP contribution in [0, 0.1) is 0 Å². The number of aromatic nitrogens is 3. The summed E-state index contributed by atoms with van der Waals surface area (Å²) in [5, 5.41) is 11.3. The Kier molecular flexibility index (Phi) is 3.57. The Bertz CT molecular complexity index is 698. The molecule has 0 aliphatic carbocycles. The van der Waals surface area contributed by atoms with Crippen LogP contribution < -0.4 is 5.32 Å². The van der Waals surface area contributed by atoms with Gasteiger partial charge in [-0.25, -0.2) is 4.98 Å². The molecule has 19 heavy (non-hydrogen) atoms. The van der Waals surface area contributed by atoms with Crippen LogP contribution >= 0.6 is 22.9 Å². The zero-order valence-corrected chi connectivity index (χ0v) is 11.6. The third-order valence-corrected chi connectivity index (χ3v) is 3.93. The number of halogens is 1. The average molecular weight is 291 g/mol. The van der Waals surface area contributed by atoms with E-state index in [2.05, 4.69) is 20.5 Å². The van der Waals surface area contributed by atoms with Gasteiger partial charge >= 0.3 is 0 Å². The average Bonchev–Trinajstić information content (AvgIpc) is 2.84. The summed E-state index contributed by atoms with van der Waals surface area (Å²) in [5.74, 6) is 0.557. The van der Waals surface area contributed by atoms with Crippen molar-refractivity contribution in [1.29, 1.82) is 0 Å². The van der Waals surface area contributed by atoms with Gasteiger partial charge in [-0.3, -0.25) is 0 Å². The van der Waals surface area contributed by atoms with Crippen LogP contribution in [0.3, 0.4) is 0 Å². The van der Waals surface area contributed by atoms with Gasteiger partial charge in [0, 0.05) is 11.4 Å². The largest absolute Gasteiger partial charge is 0.353 e. The molecule has 96 valence electrons. The molecular formula is C13H11ClN4S. The monoisotopic (exact) mass is 290 g/mol. The zero-order chi connectivity index (χ0) is 13.1. The lowest BCUT2D eigenvalue weighted by Gasteiger charge is -2.03. The van der Waals surface area contributed by atoms with Crippen LogP contribution in [-0.4, -0.2) is 21.7 Å². The Balaban J connectivity index is 1.65. The molecule has 0 spiro atoms. The van der Waals surface area contributed by atoms with Crippen molar-refractivity contribution in [3.05, 3.63) is 45.6 Å². The Labute approximate surface area is 119 Å². The number of hydrogen-bond donors (Lipinski definition) is 1. The number of fused-ring (bicyclic) bond motifs is 1. The summed E-state index contributed by atoms with van der Waals surface area (Å²) in [4.78, 5) is 5.65.